The molecule has 0 radical (unpaired) electrons. The Labute approximate surface area is 167 Å². The fourth-order valence-corrected chi connectivity index (χ4v) is 2.53. The van der Waals surface area contributed by atoms with Crippen molar-refractivity contribution in [2.75, 3.05) is 26.0 Å². The highest BCUT2D eigenvalue weighted by molar-refractivity contribution is 14.0. The number of benzene rings is 1. The molecule has 0 amide bonds. The summed E-state index contributed by atoms with van der Waals surface area (Å²) in [6.45, 7) is 4.92. The maximum absolute atomic E-state index is 6.06. The summed E-state index contributed by atoms with van der Waals surface area (Å²) in [5.74, 6) is 0.903. The number of aliphatic imine (C=N–C) groups is 1. The zero-order valence-corrected chi connectivity index (χ0v) is 17.9. The van der Waals surface area contributed by atoms with Gasteiger partial charge in [0.05, 0.1) is 18.8 Å². The molecule has 1 atom stereocenters. The molecule has 0 saturated carbocycles. The molecule has 0 spiro atoms. The predicted molar refractivity (Wildman–Crippen MR) is 116 cm³/mol. The van der Waals surface area contributed by atoms with E-state index in [9.17, 15) is 0 Å². The van der Waals surface area contributed by atoms with Gasteiger partial charge in [-0.05, 0) is 37.7 Å². The molecule has 0 saturated heterocycles. The van der Waals surface area contributed by atoms with Gasteiger partial charge in [0.1, 0.15) is 0 Å². The lowest BCUT2D eigenvalue weighted by Gasteiger charge is -2.21. The van der Waals surface area contributed by atoms with Gasteiger partial charge in [-0.25, -0.2) is 0 Å². The minimum Gasteiger partial charge on any atom is -0.370 e. The molecular formula is C18H29IN6. The third-order valence-corrected chi connectivity index (χ3v) is 3.99. The van der Waals surface area contributed by atoms with Crippen LogP contribution in [0, 0.1) is 0 Å². The zero-order chi connectivity index (χ0) is 17.7. The molecule has 0 fully saturated rings. The summed E-state index contributed by atoms with van der Waals surface area (Å²) >= 11 is 0. The van der Waals surface area contributed by atoms with Crippen LogP contribution in [0.25, 0.3) is 0 Å². The first-order valence-electron chi connectivity index (χ1n) is 8.18. The monoisotopic (exact) mass is 456 g/mol. The Bertz CT molecular complexity index is 692. The molecule has 6 nitrogen and oxygen atoms in total. The number of hydrogen-bond acceptors (Lipinski definition) is 3. The Balaban J connectivity index is 0.00000312. The van der Waals surface area contributed by atoms with Crippen molar-refractivity contribution in [2.45, 2.75) is 25.8 Å². The first kappa shape index (κ1) is 21.4. The Hall–Kier alpha value is -1.61. The van der Waals surface area contributed by atoms with E-state index in [-0.39, 0.29) is 30.0 Å². The van der Waals surface area contributed by atoms with Gasteiger partial charge in [0.2, 0.25) is 0 Å². The second kappa shape index (κ2) is 9.76. The normalized spacial score (nSPS) is 13.0. The van der Waals surface area contributed by atoms with Crippen LogP contribution in [0.5, 0.6) is 0 Å². The average molecular weight is 456 g/mol. The molecule has 7 heteroatoms. The van der Waals surface area contributed by atoms with Gasteiger partial charge >= 0.3 is 0 Å². The van der Waals surface area contributed by atoms with Crippen molar-refractivity contribution in [3.8, 4) is 0 Å². The Morgan fingerprint density at radius 1 is 1.32 bits per heavy atom. The van der Waals surface area contributed by atoms with Crippen molar-refractivity contribution >= 4 is 35.6 Å². The Morgan fingerprint density at radius 3 is 2.60 bits per heavy atom. The molecule has 1 heterocycles. The van der Waals surface area contributed by atoms with Crippen LogP contribution in [0.4, 0.5) is 5.69 Å². The van der Waals surface area contributed by atoms with Crippen LogP contribution < -0.4 is 11.1 Å². The molecule has 2 aromatic rings. The smallest absolute Gasteiger partial charge is 0.193 e. The number of anilines is 1. The second-order valence-electron chi connectivity index (χ2n) is 6.56. The van der Waals surface area contributed by atoms with Gasteiger partial charge in [-0.1, -0.05) is 26.0 Å². The number of nitrogens with one attached hydrogen (secondary N) is 1. The fourth-order valence-electron chi connectivity index (χ4n) is 2.53. The third-order valence-electron chi connectivity index (χ3n) is 3.99. The number of hydrogen-bond donors (Lipinski definition) is 2. The number of halogens is 1. The predicted octanol–water partition coefficient (Wildman–Crippen LogP) is 3.19. The zero-order valence-electron chi connectivity index (χ0n) is 15.6. The molecule has 0 bridgehead atoms. The summed E-state index contributed by atoms with van der Waals surface area (Å²) in [6.07, 6.45) is 3.88. The molecule has 3 N–H and O–H groups in total. The standard InChI is InChI=1S/C18H28N6.HI/c1-13(2)14-7-6-8-16(9-14)22-18(19)20-11-17(23(3)4)15-10-21-24(5)12-15;/h6-10,12-13,17H,11H2,1-5H3,(H3,19,20,22);1H. The number of rotatable bonds is 6. The van der Waals surface area contributed by atoms with Gasteiger partial charge in [0.25, 0.3) is 0 Å². The number of aryl methyl sites for hydroxylation is 1. The number of aromatic nitrogens is 2. The van der Waals surface area contributed by atoms with Crippen molar-refractivity contribution < 1.29 is 0 Å². The van der Waals surface area contributed by atoms with Crippen LogP contribution >= 0.6 is 24.0 Å². The van der Waals surface area contributed by atoms with Gasteiger partial charge in [0.15, 0.2) is 5.96 Å². The molecule has 1 aromatic carbocycles. The lowest BCUT2D eigenvalue weighted by atomic mass is 10.0. The van der Waals surface area contributed by atoms with E-state index in [1.54, 1.807) is 4.68 Å². The number of nitrogens with two attached hydrogens (primary N) is 1. The van der Waals surface area contributed by atoms with E-state index in [0.717, 1.165) is 11.3 Å². The Kier molecular flexibility index (Phi) is 8.37. The van der Waals surface area contributed by atoms with Crippen molar-refractivity contribution in [2.24, 2.45) is 17.8 Å². The number of guanidine groups is 1. The average Bonchev–Trinajstić information content (AvgIpc) is 2.93. The van der Waals surface area contributed by atoms with Gasteiger partial charge in [-0.15, -0.1) is 24.0 Å². The highest BCUT2D eigenvalue weighted by Crippen LogP contribution is 2.19. The minimum absolute atomic E-state index is 0. The van der Waals surface area contributed by atoms with Gasteiger partial charge in [0, 0.05) is 24.5 Å². The van der Waals surface area contributed by atoms with Crippen LogP contribution in [0.1, 0.15) is 36.9 Å². The first-order valence-corrected chi connectivity index (χ1v) is 8.18. The van der Waals surface area contributed by atoms with Gasteiger partial charge in [-0.2, -0.15) is 5.10 Å². The highest BCUT2D eigenvalue weighted by Gasteiger charge is 2.15. The van der Waals surface area contributed by atoms with Gasteiger partial charge in [-0.3, -0.25) is 9.67 Å². The van der Waals surface area contributed by atoms with Crippen molar-refractivity contribution in [3.63, 3.8) is 0 Å². The maximum Gasteiger partial charge on any atom is 0.193 e. The van der Waals surface area contributed by atoms with Crippen LogP contribution in [-0.4, -0.2) is 41.3 Å². The van der Waals surface area contributed by atoms with Crippen molar-refractivity contribution in [1.29, 1.82) is 0 Å². The van der Waals surface area contributed by atoms with Crippen molar-refractivity contribution in [3.05, 3.63) is 47.8 Å². The maximum atomic E-state index is 6.06. The van der Waals surface area contributed by atoms with Crippen LogP contribution in [0.15, 0.2) is 41.7 Å². The summed E-state index contributed by atoms with van der Waals surface area (Å²) in [5.41, 5.74) is 9.42. The molecule has 0 aliphatic rings. The first-order chi connectivity index (χ1) is 11.4. The van der Waals surface area contributed by atoms with E-state index in [0.29, 0.717) is 18.4 Å². The molecule has 0 aliphatic carbocycles. The molecule has 25 heavy (non-hydrogen) atoms. The fraction of sp³-hybridized carbons (Fsp3) is 0.444. The summed E-state index contributed by atoms with van der Waals surface area (Å²) in [7, 11) is 5.98. The minimum atomic E-state index is 0. The lowest BCUT2D eigenvalue weighted by Crippen LogP contribution is -2.27. The second-order valence-corrected chi connectivity index (χ2v) is 6.56. The van der Waals surface area contributed by atoms with Crippen LogP contribution in [-0.2, 0) is 7.05 Å². The topological polar surface area (TPSA) is 71.5 Å². The third kappa shape index (κ3) is 6.32. The molecule has 138 valence electrons. The number of nitrogens with zero attached hydrogens (tertiary/aromatic N) is 4. The highest BCUT2D eigenvalue weighted by atomic mass is 127. The van der Waals surface area contributed by atoms with E-state index in [1.165, 1.54) is 5.56 Å². The Morgan fingerprint density at radius 2 is 2.04 bits per heavy atom. The van der Waals surface area contributed by atoms with E-state index < -0.39 is 0 Å². The SMILES string of the molecule is CC(C)c1cccc(NC(N)=NCC(c2cnn(C)c2)N(C)C)c1.I. The molecule has 2 rings (SSSR count). The number of likely N-dealkylation sites (N-methyl/N-ethyl adjacent to an activating group) is 1. The summed E-state index contributed by atoms with van der Waals surface area (Å²) in [6, 6.07) is 8.40. The summed E-state index contributed by atoms with van der Waals surface area (Å²) in [4.78, 5) is 6.62. The largest absolute Gasteiger partial charge is 0.370 e. The van der Waals surface area contributed by atoms with E-state index in [2.05, 4.69) is 46.3 Å². The summed E-state index contributed by atoms with van der Waals surface area (Å²) < 4.78 is 1.80. The molecular weight excluding hydrogens is 427 g/mol. The van der Waals surface area contributed by atoms with E-state index in [1.807, 2.05) is 45.7 Å². The van der Waals surface area contributed by atoms with Gasteiger partial charge < -0.3 is 16.0 Å². The lowest BCUT2D eigenvalue weighted by molar-refractivity contribution is 0.306. The van der Waals surface area contributed by atoms with Crippen LogP contribution in [0.3, 0.4) is 0 Å². The quantitative estimate of drug-likeness (QED) is 0.398. The van der Waals surface area contributed by atoms with Crippen molar-refractivity contribution in [1.82, 2.24) is 14.7 Å². The molecule has 0 aliphatic heterocycles. The van der Waals surface area contributed by atoms with E-state index in [4.69, 9.17) is 5.73 Å². The summed E-state index contributed by atoms with van der Waals surface area (Å²) in [5, 5.41) is 7.41. The molecule has 1 unspecified atom stereocenters. The van der Waals surface area contributed by atoms with E-state index >= 15 is 0 Å². The van der Waals surface area contributed by atoms with Crippen LogP contribution in [0.2, 0.25) is 0 Å². The molecule has 1 aromatic heterocycles.